The van der Waals surface area contributed by atoms with Gasteiger partial charge in [-0.2, -0.15) is 0 Å². The van der Waals surface area contributed by atoms with Gasteiger partial charge in [0.2, 0.25) is 5.91 Å². The van der Waals surface area contributed by atoms with Gasteiger partial charge in [-0.05, 0) is 31.5 Å². The van der Waals surface area contributed by atoms with Crippen LogP contribution in [0.2, 0.25) is 0 Å². The molecule has 0 spiro atoms. The normalized spacial score (nSPS) is 10.4. The lowest BCUT2D eigenvalue weighted by molar-refractivity contribution is 0.1000. The summed E-state index contributed by atoms with van der Waals surface area (Å²) in [5, 5.41) is 3.15. The molecule has 0 aliphatic rings. The third-order valence-electron chi connectivity index (χ3n) is 2.68. The number of anilines is 1. The predicted octanol–water partition coefficient (Wildman–Crippen LogP) is 1.97. The Labute approximate surface area is 123 Å². The van der Waals surface area contributed by atoms with Crippen molar-refractivity contribution >= 4 is 11.7 Å². The Balaban J connectivity index is 2.09. The van der Waals surface area contributed by atoms with Crippen molar-refractivity contribution in [2.75, 3.05) is 5.32 Å². The van der Waals surface area contributed by atoms with Gasteiger partial charge >= 0.3 is 0 Å². The van der Waals surface area contributed by atoms with Gasteiger partial charge in [0.15, 0.2) is 5.82 Å². The second-order valence-electron chi connectivity index (χ2n) is 4.79. The molecule has 6 nitrogen and oxygen atoms in total. The fourth-order valence-electron chi connectivity index (χ4n) is 1.78. The molecule has 0 atom stereocenters. The maximum absolute atomic E-state index is 11.2. The van der Waals surface area contributed by atoms with E-state index in [1.165, 1.54) is 0 Å². The molecule has 1 amide bonds. The molecular weight excluding hydrogens is 268 g/mol. The molecule has 0 bridgehead atoms. The standard InChI is InChI=1S/C15H18N4O2/c1-10(2)21-15-14(17-6-7-18-15)19-9-11-4-3-5-12(8-11)13(16)20/h3-8,10H,9H2,1-2H3,(H2,16,20)(H,17,19). The van der Waals surface area contributed by atoms with E-state index < -0.39 is 5.91 Å². The summed E-state index contributed by atoms with van der Waals surface area (Å²) in [6, 6.07) is 7.12. The topological polar surface area (TPSA) is 90.1 Å². The first-order valence-electron chi connectivity index (χ1n) is 6.66. The number of nitrogens with two attached hydrogens (primary N) is 1. The number of ether oxygens (including phenoxy) is 1. The van der Waals surface area contributed by atoms with Crippen molar-refractivity contribution in [1.82, 2.24) is 9.97 Å². The van der Waals surface area contributed by atoms with Gasteiger partial charge < -0.3 is 15.8 Å². The molecule has 1 heterocycles. The highest BCUT2D eigenvalue weighted by molar-refractivity contribution is 5.92. The number of aromatic nitrogens is 2. The molecule has 0 aliphatic heterocycles. The van der Waals surface area contributed by atoms with Crippen LogP contribution < -0.4 is 15.8 Å². The van der Waals surface area contributed by atoms with Crippen molar-refractivity contribution < 1.29 is 9.53 Å². The van der Waals surface area contributed by atoms with Crippen LogP contribution in [-0.2, 0) is 6.54 Å². The maximum Gasteiger partial charge on any atom is 0.257 e. The number of carbonyl (C=O) groups excluding carboxylic acids is 1. The number of hydrogen-bond acceptors (Lipinski definition) is 5. The van der Waals surface area contributed by atoms with Crippen molar-refractivity contribution in [3.63, 3.8) is 0 Å². The molecule has 3 N–H and O–H groups in total. The summed E-state index contributed by atoms with van der Waals surface area (Å²) >= 11 is 0. The minimum Gasteiger partial charge on any atom is -0.472 e. The Morgan fingerprint density at radius 3 is 2.81 bits per heavy atom. The number of hydrogen-bond donors (Lipinski definition) is 2. The average molecular weight is 286 g/mol. The Hall–Kier alpha value is -2.63. The molecular formula is C15H18N4O2. The van der Waals surface area contributed by atoms with E-state index in [1.807, 2.05) is 19.9 Å². The van der Waals surface area contributed by atoms with E-state index in [2.05, 4.69) is 15.3 Å². The molecule has 21 heavy (non-hydrogen) atoms. The zero-order valence-electron chi connectivity index (χ0n) is 12.0. The molecule has 0 aliphatic carbocycles. The minimum absolute atomic E-state index is 0.0143. The molecule has 0 radical (unpaired) electrons. The molecule has 2 aromatic rings. The quantitative estimate of drug-likeness (QED) is 0.847. The predicted molar refractivity (Wildman–Crippen MR) is 80.1 cm³/mol. The smallest absolute Gasteiger partial charge is 0.257 e. The van der Waals surface area contributed by atoms with Gasteiger partial charge in [0.25, 0.3) is 5.88 Å². The van der Waals surface area contributed by atoms with Crippen molar-refractivity contribution in [2.45, 2.75) is 26.5 Å². The molecule has 6 heteroatoms. The minimum atomic E-state index is -0.444. The van der Waals surface area contributed by atoms with Crippen LogP contribution in [0.4, 0.5) is 5.82 Å². The fraction of sp³-hybridized carbons (Fsp3) is 0.267. The van der Waals surface area contributed by atoms with E-state index in [9.17, 15) is 4.79 Å². The third kappa shape index (κ3) is 4.17. The van der Waals surface area contributed by atoms with Crippen LogP contribution in [0.5, 0.6) is 5.88 Å². The maximum atomic E-state index is 11.2. The van der Waals surface area contributed by atoms with Crippen LogP contribution in [0.25, 0.3) is 0 Å². The van der Waals surface area contributed by atoms with Crippen LogP contribution in [0.15, 0.2) is 36.7 Å². The SMILES string of the molecule is CC(C)Oc1nccnc1NCc1cccc(C(N)=O)c1. The highest BCUT2D eigenvalue weighted by Gasteiger charge is 2.08. The van der Waals surface area contributed by atoms with E-state index >= 15 is 0 Å². The first-order valence-corrected chi connectivity index (χ1v) is 6.66. The van der Waals surface area contributed by atoms with Crippen LogP contribution >= 0.6 is 0 Å². The van der Waals surface area contributed by atoms with E-state index in [4.69, 9.17) is 10.5 Å². The summed E-state index contributed by atoms with van der Waals surface area (Å²) in [4.78, 5) is 19.5. The van der Waals surface area contributed by atoms with Crippen molar-refractivity contribution in [3.8, 4) is 5.88 Å². The number of primary amides is 1. The first-order chi connectivity index (χ1) is 10.1. The van der Waals surface area contributed by atoms with Crippen molar-refractivity contribution in [2.24, 2.45) is 5.73 Å². The molecule has 2 rings (SSSR count). The summed E-state index contributed by atoms with van der Waals surface area (Å²) < 4.78 is 5.59. The van der Waals surface area contributed by atoms with Crippen LogP contribution in [0, 0.1) is 0 Å². The summed E-state index contributed by atoms with van der Waals surface area (Å²) in [5.41, 5.74) is 6.67. The van der Waals surface area contributed by atoms with Gasteiger partial charge in [0, 0.05) is 24.5 Å². The number of amides is 1. The summed E-state index contributed by atoms with van der Waals surface area (Å²) in [6.45, 7) is 4.35. The molecule has 110 valence electrons. The Morgan fingerprint density at radius 2 is 2.10 bits per heavy atom. The monoisotopic (exact) mass is 286 g/mol. The van der Waals surface area contributed by atoms with Gasteiger partial charge in [-0.15, -0.1) is 0 Å². The van der Waals surface area contributed by atoms with Gasteiger partial charge in [0.05, 0.1) is 6.10 Å². The second kappa shape index (κ2) is 6.69. The average Bonchev–Trinajstić information content (AvgIpc) is 2.46. The van der Waals surface area contributed by atoms with Crippen LogP contribution in [0.3, 0.4) is 0 Å². The molecule has 0 saturated heterocycles. The molecule has 1 aromatic heterocycles. The van der Waals surface area contributed by atoms with Crippen LogP contribution in [0.1, 0.15) is 29.8 Å². The highest BCUT2D eigenvalue weighted by atomic mass is 16.5. The lowest BCUT2D eigenvalue weighted by atomic mass is 10.1. The Kier molecular flexibility index (Phi) is 4.71. The molecule has 1 aromatic carbocycles. The molecule has 0 fully saturated rings. The third-order valence-corrected chi connectivity index (χ3v) is 2.68. The Bertz CT molecular complexity index is 629. The summed E-state index contributed by atoms with van der Waals surface area (Å²) in [5.74, 6) is 0.578. The van der Waals surface area contributed by atoms with E-state index in [1.54, 1.807) is 30.6 Å². The van der Waals surface area contributed by atoms with Gasteiger partial charge in [-0.1, -0.05) is 12.1 Å². The van der Waals surface area contributed by atoms with Crippen molar-refractivity contribution in [1.29, 1.82) is 0 Å². The van der Waals surface area contributed by atoms with Gasteiger partial charge in [0.1, 0.15) is 0 Å². The largest absolute Gasteiger partial charge is 0.472 e. The van der Waals surface area contributed by atoms with Gasteiger partial charge in [-0.25, -0.2) is 9.97 Å². The van der Waals surface area contributed by atoms with Crippen LogP contribution in [-0.4, -0.2) is 22.0 Å². The summed E-state index contributed by atoms with van der Waals surface area (Å²) in [7, 11) is 0. The van der Waals surface area contributed by atoms with Crippen molar-refractivity contribution in [3.05, 3.63) is 47.8 Å². The lowest BCUT2D eigenvalue weighted by Gasteiger charge is -2.13. The fourth-order valence-corrected chi connectivity index (χ4v) is 1.78. The number of nitrogens with zero attached hydrogens (tertiary/aromatic N) is 2. The van der Waals surface area contributed by atoms with E-state index in [0.717, 1.165) is 5.56 Å². The Morgan fingerprint density at radius 1 is 1.33 bits per heavy atom. The molecule has 0 saturated carbocycles. The number of nitrogens with one attached hydrogen (secondary N) is 1. The van der Waals surface area contributed by atoms with Gasteiger partial charge in [-0.3, -0.25) is 4.79 Å². The van der Waals surface area contributed by atoms with E-state index in [-0.39, 0.29) is 6.10 Å². The number of benzene rings is 1. The summed E-state index contributed by atoms with van der Waals surface area (Å²) in [6.07, 6.45) is 3.19. The number of carbonyl (C=O) groups is 1. The lowest BCUT2D eigenvalue weighted by Crippen LogP contribution is -2.12. The van der Waals surface area contributed by atoms with E-state index in [0.29, 0.717) is 23.8 Å². The first kappa shape index (κ1) is 14.8. The second-order valence-corrected chi connectivity index (χ2v) is 4.79. The molecule has 0 unspecified atom stereocenters. The zero-order valence-corrected chi connectivity index (χ0v) is 12.0. The highest BCUT2D eigenvalue weighted by Crippen LogP contribution is 2.19. The zero-order chi connectivity index (χ0) is 15.2. The number of rotatable bonds is 6.